The molecule has 2 saturated carbocycles. The number of benzene rings is 5. The normalized spacial score (nSPS) is 25.5. The molecular formula is C61H20F18N4S2. The van der Waals surface area contributed by atoms with Gasteiger partial charge in [-0.1, -0.05) is 48.6 Å². The Hall–Kier alpha value is -7.34. The van der Waals surface area contributed by atoms with Gasteiger partial charge in [0, 0.05) is 64.1 Å². The van der Waals surface area contributed by atoms with Crippen LogP contribution >= 0.6 is 22.7 Å². The lowest BCUT2D eigenvalue weighted by molar-refractivity contribution is -0.398. The van der Waals surface area contributed by atoms with Crippen molar-refractivity contribution in [2.75, 3.05) is 0 Å². The fourth-order valence-electron chi connectivity index (χ4n) is 19.0. The Morgan fingerprint density at radius 1 is 0.400 bits per heavy atom. The number of alkyl halides is 18. The Balaban J connectivity index is 0.958. The van der Waals surface area contributed by atoms with E-state index in [1.807, 2.05) is 18.2 Å². The van der Waals surface area contributed by atoms with E-state index >= 15 is 52.7 Å². The van der Waals surface area contributed by atoms with E-state index in [-0.39, 0.29) is 35.5 Å². The molecule has 13 aromatic rings. The molecule has 2 fully saturated rings. The number of halogens is 18. The molecule has 4 nitrogen and oxygen atoms in total. The van der Waals surface area contributed by atoms with E-state index in [1.54, 1.807) is 0 Å². The van der Waals surface area contributed by atoms with Crippen molar-refractivity contribution in [1.82, 2.24) is 19.9 Å². The van der Waals surface area contributed by atoms with Crippen LogP contribution in [0.4, 0.5) is 79.0 Å². The van der Waals surface area contributed by atoms with Crippen LogP contribution in [0.2, 0.25) is 0 Å². The number of aromatic nitrogens is 4. The fraction of sp³-hybridized carbons (Fsp3) is 0.279. The van der Waals surface area contributed by atoms with Gasteiger partial charge in [0.1, 0.15) is 31.8 Å². The second kappa shape index (κ2) is 12.9. The molecule has 4 heterocycles. The van der Waals surface area contributed by atoms with E-state index in [9.17, 15) is 26.3 Å². The standard InChI is InChI=1S/C61H20F18N4S2/c62-54(63,56(66,67)58(70,71)60(74,75)76)51-47-45(80-9-11-82-47)49(84-51)53(50-46-48(83-12-10-81-46)52(85-50)55(64,65)57(68,69)59(72,73)61(77,78)79)43-29-19-7-5-17-15-3-1-13-14-2-4-16-18-6-8-20-28-26(18)33-24(16)22(14)31-21(13)23(15)32-25(17)27(19)34-36(29)37(30(20)44(43)53)35(28)42-40(33)38(31)39(32)41(34)42/h1-13,15,17,21,23,25,43-44H. The highest BCUT2D eigenvalue weighted by molar-refractivity contribution is 7.16. The molecule has 0 saturated heterocycles. The fourth-order valence-corrected chi connectivity index (χ4v) is 22.0. The maximum Gasteiger partial charge on any atom is 0.460 e. The molecule has 0 amide bonds. The summed E-state index contributed by atoms with van der Waals surface area (Å²) in [5, 5.41) is 15.1. The van der Waals surface area contributed by atoms with Gasteiger partial charge >= 0.3 is 47.9 Å². The number of thiophene rings is 2. The highest BCUT2D eigenvalue weighted by atomic mass is 32.1. The van der Waals surface area contributed by atoms with Gasteiger partial charge in [0.15, 0.2) is 0 Å². The van der Waals surface area contributed by atoms with Gasteiger partial charge in [-0.05, 0) is 148 Å². The lowest BCUT2D eigenvalue weighted by Crippen LogP contribution is -2.59. The van der Waals surface area contributed by atoms with Crippen molar-refractivity contribution in [3.05, 3.63) is 125 Å². The summed E-state index contributed by atoms with van der Waals surface area (Å²) >= 11 is -0.915. The summed E-state index contributed by atoms with van der Waals surface area (Å²) in [5.74, 6) is -45.7. The van der Waals surface area contributed by atoms with Crippen molar-refractivity contribution in [1.29, 1.82) is 0 Å². The number of hydrogen-bond donors (Lipinski definition) is 0. The Labute approximate surface area is 465 Å². The van der Waals surface area contributed by atoms with Crippen molar-refractivity contribution < 1.29 is 79.0 Å². The Kier molecular flexibility index (Phi) is 7.25. The van der Waals surface area contributed by atoms with E-state index in [2.05, 4.69) is 50.3 Å². The first kappa shape index (κ1) is 47.9. The highest BCUT2D eigenvalue weighted by Gasteiger charge is 2.85. The molecule has 4 aromatic heterocycles. The molecule has 0 bridgehead atoms. The quantitative estimate of drug-likeness (QED) is 0.0864. The minimum atomic E-state index is -7.44. The van der Waals surface area contributed by atoms with E-state index < -0.39 is 129 Å². The monoisotopic (exact) mass is 1210 g/mol. The van der Waals surface area contributed by atoms with Crippen molar-refractivity contribution in [2.24, 2.45) is 17.8 Å². The maximum atomic E-state index is 17.0. The number of nitrogens with zero attached hydrogens (tertiary/aromatic N) is 4. The number of fused-ring (bicyclic) bond motifs is 10. The lowest BCUT2D eigenvalue weighted by atomic mass is 9.65. The van der Waals surface area contributed by atoms with Gasteiger partial charge < -0.3 is 0 Å². The van der Waals surface area contributed by atoms with Gasteiger partial charge in [-0.2, -0.15) is 79.0 Å². The average Bonchev–Trinajstić information content (AvgIpc) is 1.43. The second-order valence-electron chi connectivity index (χ2n) is 24.4. The number of hydrogen-bond acceptors (Lipinski definition) is 6. The molecule has 0 radical (unpaired) electrons. The SMILES string of the molecule is FC(F)(F)C(F)(F)C(F)(F)C(F)(F)c1sc(C2(c3sc(C(F)(F)C(F)(F)C(F)(F)C(F)(F)F)c4nccnc34)C3c4c5c6c7c4c4c(c8ccc9c%10ccc%11c%12c%13c%14c(c7c7c%14c(c%12%10)c9c8c47)=C4C6C(C=C5)C5C=CC%11C%13C45)C32)c2nccnc12. The lowest BCUT2D eigenvalue weighted by Gasteiger charge is -2.37. The summed E-state index contributed by atoms with van der Waals surface area (Å²) in [5.41, 5.74) is -0.996. The third-order valence-corrected chi connectivity index (χ3v) is 24.4. The van der Waals surface area contributed by atoms with Gasteiger partial charge in [-0.3, -0.25) is 19.9 Å². The van der Waals surface area contributed by atoms with Crippen LogP contribution in [0.15, 0.2) is 67.3 Å². The van der Waals surface area contributed by atoms with Crippen LogP contribution in [0.1, 0.15) is 82.5 Å². The molecule has 0 spiro atoms. The summed E-state index contributed by atoms with van der Waals surface area (Å²) in [7, 11) is 0. The molecule has 8 aliphatic carbocycles. The van der Waals surface area contributed by atoms with Gasteiger partial charge in [-0.25, -0.2) is 0 Å². The summed E-state index contributed by atoms with van der Waals surface area (Å²) in [6.45, 7) is 0. The van der Waals surface area contributed by atoms with Crippen LogP contribution in [0.25, 0.3) is 120 Å². The van der Waals surface area contributed by atoms with Gasteiger partial charge in [0.05, 0.1) is 5.41 Å². The van der Waals surface area contributed by atoms with Crippen LogP contribution < -0.4 is 5.22 Å². The minimum absolute atomic E-state index is 0.00592. The van der Waals surface area contributed by atoms with Crippen molar-refractivity contribution in [3.8, 4) is 0 Å². The molecule has 85 heavy (non-hydrogen) atoms. The predicted molar refractivity (Wildman–Crippen MR) is 279 cm³/mol. The van der Waals surface area contributed by atoms with Crippen molar-refractivity contribution >= 4 is 143 Å². The number of rotatable bonds is 8. The molecule has 8 aliphatic rings. The Morgan fingerprint density at radius 2 is 0.882 bits per heavy atom. The van der Waals surface area contributed by atoms with Crippen LogP contribution in [0, 0.1) is 17.8 Å². The van der Waals surface area contributed by atoms with Crippen LogP contribution in [-0.4, -0.2) is 56.0 Å². The van der Waals surface area contributed by atoms with Crippen molar-refractivity contribution in [3.63, 3.8) is 0 Å². The van der Waals surface area contributed by atoms with Crippen molar-refractivity contribution in [2.45, 2.75) is 82.9 Å². The smallest absolute Gasteiger partial charge is 0.252 e. The highest BCUT2D eigenvalue weighted by Crippen LogP contribution is 2.84. The topological polar surface area (TPSA) is 51.6 Å². The molecule has 21 rings (SSSR count). The molecule has 422 valence electrons. The average molecular weight is 1210 g/mol. The Bertz CT molecular complexity index is 5450. The zero-order chi connectivity index (χ0) is 58.3. The molecular weight excluding hydrogens is 1190 g/mol. The predicted octanol–water partition coefficient (Wildman–Crippen LogP) is 17.8. The van der Waals surface area contributed by atoms with Crippen LogP contribution in [-0.2, 0) is 17.3 Å². The molecule has 8 unspecified atom stereocenters. The van der Waals surface area contributed by atoms with E-state index in [0.29, 0.717) is 45.2 Å². The number of allylic oxidation sites excluding steroid dienone is 3. The summed E-state index contributed by atoms with van der Waals surface area (Å²) in [6, 6.07) is 8.04. The first-order valence-electron chi connectivity index (χ1n) is 26.7. The van der Waals surface area contributed by atoms with Crippen LogP contribution in [0.5, 0.6) is 0 Å². The third-order valence-electron chi connectivity index (χ3n) is 21.6. The summed E-state index contributed by atoms with van der Waals surface area (Å²) in [6.07, 6.45) is -3.01. The second-order valence-corrected chi connectivity index (χ2v) is 26.4. The van der Waals surface area contributed by atoms with E-state index in [1.165, 1.54) is 22.1 Å². The first-order valence-corrected chi connectivity index (χ1v) is 28.3. The zero-order valence-corrected chi connectivity index (χ0v) is 43.1. The zero-order valence-electron chi connectivity index (χ0n) is 41.5. The summed E-state index contributed by atoms with van der Waals surface area (Å²) in [4.78, 5) is 10.3. The molecule has 9 aromatic carbocycles. The summed E-state index contributed by atoms with van der Waals surface area (Å²) < 4.78 is 276. The van der Waals surface area contributed by atoms with E-state index in [4.69, 9.17) is 0 Å². The van der Waals surface area contributed by atoms with E-state index in [0.717, 1.165) is 87.8 Å². The van der Waals surface area contributed by atoms with Gasteiger partial charge in [0.2, 0.25) is 0 Å². The molecule has 0 aliphatic heterocycles. The molecule has 0 N–H and O–H groups in total. The Morgan fingerprint density at radius 3 is 1.48 bits per heavy atom. The van der Waals surface area contributed by atoms with Crippen LogP contribution in [0.3, 0.4) is 0 Å². The van der Waals surface area contributed by atoms with Gasteiger partial charge in [-0.15, -0.1) is 22.7 Å². The first-order chi connectivity index (χ1) is 40.1. The largest absolute Gasteiger partial charge is 0.460 e. The maximum absolute atomic E-state index is 17.0. The molecule has 24 heteroatoms. The minimum Gasteiger partial charge on any atom is -0.252 e. The third kappa shape index (κ3) is 4.21. The molecule has 8 atom stereocenters. The van der Waals surface area contributed by atoms with Gasteiger partial charge in [0.25, 0.3) is 0 Å².